The summed E-state index contributed by atoms with van der Waals surface area (Å²) in [5.74, 6) is 2.04. The van der Waals surface area contributed by atoms with E-state index >= 15 is 0 Å². The normalized spacial score (nSPS) is 18.1. The molecule has 2 atom stereocenters. The molecule has 194 valence electrons. The van der Waals surface area contributed by atoms with Gasteiger partial charge in [-0.25, -0.2) is 5.01 Å². The zero-order valence-electron chi connectivity index (χ0n) is 21.5. The molecule has 0 amide bonds. The molecule has 0 radical (unpaired) electrons. The monoisotopic (exact) mass is 538 g/mol. The van der Waals surface area contributed by atoms with Crippen molar-refractivity contribution >= 4 is 28.9 Å². The fourth-order valence-corrected chi connectivity index (χ4v) is 5.48. The van der Waals surface area contributed by atoms with Gasteiger partial charge in [0.25, 0.3) is 0 Å². The Morgan fingerprint density at radius 3 is 2.57 bits per heavy atom. The van der Waals surface area contributed by atoms with Gasteiger partial charge in [0, 0.05) is 22.6 Å². The Morgan fingerprint density at radius 1 is 1.00 bits per heavy atom. The third kappa shape index (κ3) is 5.39. The van der Waals surface area contributed by atoms with Crippen molar-refractivity contribution in [1.82, 2.24) is 5.01 Å². The van der Waals surface area contributed by atoms with Crippen LogP contribution in [-0.2, 0) is 0 Å². The molecule has 0 saturated carbocycles. The van der Waals surface area contributed by atoms with Crippen LogP contribution in [0.5, 0.6) is 17.2 Å². The van der Waals surface area contributed by atoms with E-state index < -0.39 is 6.23 Å². The number of methoxy groups -OCH3 is 1. The Bertz CT molecular complexity index is 1290. The van der Waals surface area contributed by atoms with Crippen molar-refractivity contribution in [2.24, 2.45) is 5.10 Å². The highest BCUT2D eigenvalue weighted by molar-refractivity contribution is 6.35. The van der Waals surface area contributed by atoms with Crippen LogP contribution in [0.25, 0.3) is 0 Å². The van der Waals surface area contributed by atoms with Crippen LogP contribution in [0.15, 0.2) is 59.7 Å². The van der Waals surface area contributed by atoms with E-state index in [1.165, 1.54) is 18.4 Å². The first kappa shape index (κ1) is 25.7. The van der Waals surface area contributed by atoms with E-state index in [0.29, 0.717) is 28.2 Å². The van der Waals surface area contributed by atoms with E-state index in [9.17, 15) is 0 Å². The number of halogens is 2. The minimum absolute atomic E-state index is 0.0539. The van der Waals surface area contributed by atoms with Crippen LogP contribution in [0, 0.1) is 6.92 Å². The molecule has 0 fully saturated rings. The molecular formula is C30H32Cl2N2O3. The zero-order valence-corrected chi connectivity index (χ0v) is 23.0. The number of aryl methyl sites for hydroxylation is 1. The Balaban J connectivity index is 1.48. The van der Waals surface area contributed by atoms with Gasteiger partial charge in [-0.05, 0) is 49.2 Å². The molecule has 7 heteroatoms. The average molecular weight is 540 g/mol. The van der Waals surface area contributed by atoms with Crippen molar-refractivity contribution in [3.63, 3.8) is 0 Å². The lowest BCUT2D eigenvalue weighted by Crippen LogP contribution is -2.33. The van der Waals surface area contributed by atoms with Crippen molar-refractivity contribution in [1.29, 1.82) is 0 Å². The lowest BCUT2D eigenvalue weighted by atomic mass is 9.95. The number of ether oxygens (including phenoxy) is 3. The van der Waals surface area contributed by atoms with Gasteiger partial charge in [-0.1, -0.05) is 79.2 Å². The molecule has 3 aromatic rings. The number of hydrogen-bond donors (Lipinski definition) is 0. The molecule has 0 aliphatic carbocycles. The minimum atomic E-state index is -0.480. The molecule has 0 aromatic heterocycles. The summed E-state index contributed by atoms with van der Waals surface area (Å²) in [5.41, 5.74) is 5.16. The molecule has 2 aliphatic heterocycles. The highest BCUT2D eigenvalue weighted by Gasteiger charge is 2.42. The van der Waals surface area contributed by atoms with E-state index in [0.717, 1.165) is 47.4 Å². The standard InChI is InChI=1S/C30H32Cl2N2O3/c1-4-5-6-7-14-36-27-13-12-21(15-28(27)35-3)30-34-26(23-16-22(31)17-24(32)29(23)37-30)18-25(33-34)20-10-8-19(2)9-11-20/h8-13,15-17,26,30H,4-7,14,18H2,1-3H3/t26-,30+/m1/s1. The first-order chi connectivity index (χ1) is 18.0. The number of benzene rings is 3. The van der Waals surface area contributed by atoms with E-state index in [2.05, 4.69) is 38.1 Å². The van der Waals surface area contributed by atoms with Crippen LogP contribution in [0.2, 0.25) is 10.0 Å². The second kappa shape index (κ2) is 11.2. The van der Waals surface area contributed by atoms with Crippen LogP contribution < -0.4 is 14.2 Å². The first-order valence-electron chi connectivity index (χ1n) is 12.9. The van der Waals surface area contributed by atoms with Crippen LogP contribution in [0.1, 0.15) is 73.6 Å². The molecule has 5 rings (SSSR count). The maximum absolute atomic E-state index is 6.63. The number of unbranched alkanes of at least 4 members (excludes halogenated alkanes) is 3. The van der Waals surface area contributed by atoms with Gasteiger partial charge in [0.05, 0.1) is 30.5 Å². The summed E-state index contributed by atoms with van der Waals surface area (Å²) in [4.78, 5) is 0. The lowest BCUT2D eigenvalue weighted by Gasteiger charge is -2.38. The summed E-state index contributed by atoms with van der Waals surface area (Å²) in [6.07, 6.45) is 4.85. The molecule has 3 aromatic carbocycles. The van der Waals surface area contributed by atoms with Crippen LogP contribution in [0.4, 0.5) is 0 Å². The van der Waals surface area contributed by atoms with Crippen LogP contribution in [0.3, 0.4) is 0 Å². The third-order valence-electron chi connectivity index (χ3n) is 6.92. The van der Waals surface area contributed by atoms with E-state index in [-0.39, 0.29) is 6.04 Å². The van der Waals surface area contributed by atoms with Crippen molar-refractivity contribution < 1.29 is 14.2 Å². The molecule has 0 bridgehead atoms. The predicted molar refractivity (Wildman–Crippen MR) is 149 cm³/mol. The maximum Gasteiger partial charge on any atom is 0.214 e. The summed E-state index contributed by atoms with van der Waals surface area (Å²) < 4.78 is 18.3. The van der Waals surface area contributed by atoms with Gasteiger partial charge in [-0.2, -0.15) is 5.10 Å². The topological polar surface area (TPSA) is 43.3 Å². The molecular weight excluding hydrogens is 507 g/mol. The smallest absolute Gasteiger partial charge is 0.214 e. The lowest BCUT2D eigenvalue weighted by molar-refractivity contribution is -0.0190. The summed E-state index contributed by atoms with van der Waals surface area (Å²) in [5, 5.41) is 8.14. The molecule has 2 heterocycles. The van der Waals surface area contributed by atoms with Crippen molar-refractivity contribution in [3.05, 3.63) is 86.9 Å². The second-order valence-electron chi connectivity index (χ2n) is 9.61. The number of nitrogens with zero attached hydrogens (tertiary/aromatic N) is 2. The van der Waals surface area contributed by atoms with Gasteiger partial charge in [0.2, 0.25) is 6.23 Å². The molecule has 0 unspecified atom stereocenters. The third-order valence-corrected chi connectivity index (χ3v) is 7.42. The largest absolute Gasteiger partial charge is 0.493 e. The van der Waals surface area contributed by atoms with Crippen LogP contribution in [-0.4, -0.2) is 24.4 Å². The summed E-state index contributed by atoms with van der Waals surface area (Å²) in [6, 6.07) is 18.0. The summed E-state index contributed by atoms with van der Waals surface area (Å²) in [6.45, 7) is 4.95. The van der Waals surface area contributed by atoms with Gasteiger partial charge in [0.15, 0.2) is 11.5 Å². The van der Waals surface area contributed by atoms with Gasteiger partial charge in [-0.15, -0.1) is 0 Å². The van der Waals surface area contributed by atoms with E-state index in [4.69, 9.17) is 42.5 Å². The Morgan fingerprint density at radius 2 is 1.81 bits per heavy atom. The number of rotatable bonds is 9. The van der Waals surface area contributed by atoms with E-state index in [1.54, 1.807) is 13.2 Å². The van der Waals surface area contributed by atoms with Crippen LogP contribution >= 0.6 is 23.2 Å². The van der Waals surface area contributed by atoms with Gasteiger partial charge in [-0.3, -0.25) is 0 Å². The van der Waals surface area contributed by atoms with Crippen molar-refractivity contribution in [3.8, 4) is 17.2 Å². The quantitative estimate of drug-likeness (QED) is 0.256. The maximum atomic E-state index is 6.63. The van der Waals surface area contributed by atoms with E-state index in [1.807, 2.05) is 29.3 Å². The summed E-state index contributed by atoms with van der Waals surface area (Å²) >= 11 is 13.0. The molecule has 0 N–H and O–H groups in total. The molecule has 37 heavy (non-hydrogen) atoms. The number of hydrazone groups is 1. The second-order valence-corrected chi connectivity index (χ2v) is 10.5. The molecule has 0 saturated heterocycles. The van der Waals surface area contributed by atoms with Gasteiger partial charge in [0.1, 0.15) is 5.75 Å². The molecule has 0 spiro atoms. The minimum Gasteiger partial charge on any atom is -0.493 e. The highest BCUT2D eigenvalue weighted by atomic mass is 35.5. The van der Waals surface area contributed by atoms with Crippen molar-refractivity contribution in [2.75, 3.05) is 13.7 Å². The Kier molecular flexibility index (Phi) is 7.82. The van der Waals surface area contributed by atoms with Crippen molar-refractivity contribution in [2.45, 2.75) is 58.2 Å². The SMILES string of the molecule is CCCCCCOc1ccc([C@@H]2Oc3c(Cl)cc(Cl)cc3[C@H]3CC(c4ccc(C)cc4)=NN32)cc1OC. The fourth-order valence-electron chi connectivity index (χ4n) is 4.92. The first-order valence-corrected chi connectivity index (χ1v) is 13.6. The Labute approximate surface area is 228 Å². The zero-order chi connectivity index (χ0) is 25.9. The summed E-state index contributed by atoms with van der Waals surface area (Å²) in [7, 11) is 1.66. The predicted octanol–water partition coefficient (Wildman–Crippen LogP) is 8.51. The fraction of sp³-hybridized carbons (Fsp3) is 0.367. The van der Waals surface area contributed by atoms with Gasteiger partial charge >= 0.3 is 0 Å². The molecule has 2 aliphatic rings. The molecule has 5 nitrogen and oxygen atoms in total. The number of hydrogen-bond acceptors (Lipinski definition) is 5. The number of fused-ring (bicyclic) bond motifs is 3. The Hall–Kier alpha value is -2.89. The average Bonchev–Trinajstić information content (AvgIpc) is 3.34. The highest BCUT2D eigenvalue weighted by Crippen LogP contribution is 2.51. The van der Waals surface area contributed by atoms with Gasteiger partial charge < -0.3 is 14.2 Å².